The second kappa shape index (κ2) is 8.68. The first kappa shape index (κ1) is 19.5. The van der Waals surface area contributed by atoms with Crippen molar-refractivity contribution in [1.29, 1.82) is 0 Å². The zero-order valence-electron chi connectivity index (χ0n) is 16.9. The van der Waals surface area contributed by atoms with Crippen molar-refractivity contribution in [2.75, 3.05) is 26.2 Å². The highest BCUT2D eigenvalue weighted by molar-refractivity contribution is 5.79. The zero-order chi connectivity index (χ0) is 20.2. The monoisotopic (exact) mass is 396 g/mol. The first-order valence-corrected chi connectivity index (χ1v) is 10.5. The predicted molar refractivity (Wildman–Crippen MR) is 109 cm³/mol. The first-order chi connectivity index (χ1) is 14.1. The van der Waals surface area contributed by atoms with Gasteiger partial charge in [0.1, 0.15) is 0 Å². The van der Waals surface area contributed by atoms with Crippen LogP contribution < -0.4 is 4.74 Å². The highest BCUT2D eigenvalue weighted by Crippen LogP contribution is 2.26. The number of rotatable bonds is 3. The maximum Gasteiger partial charge on any atom is 0.416 e. The molecule has 4 rings (SSSR count). The van der Waals surface area contributed by atoms with E-state index in [4.69, 9.17) is 4.74 Å². The minimum absolute atomic E-state index is 0.172. The average molecular weight is 396 g/mol. The quantitative estimate of drug-likeness (QED) is 0.797. The molecule has 29 heavy (non-hydrogen) atoms. The van der Waals surface area contributed by atoms with Crippen LogP contribution in [0.4, 0.5) is 4.79 Å². The van der Waals surface area contributed by atoms with Crippen molar-refractivity contribution in [2.45, 2.75) is 39.0 Å². The number of aromatic nitrogens is 2. The lowest BCUT2D eigenvalue weighted by Crippen LogP contribution is -2.52. The molecule has 1 saturated heterocycles. The standard InChI is InChI=1S/C22H28N4O3/c1-17-16-20(26(23-17)19-10-6-3-7-11-19)29-22(28)25-14-12-24(13-15-25)21(27)18-8-4-2-5-9-18/h3,6-7,10-11,16,18H,2,4-5,8-9,12-15H2,1H3. The molecule has 7 nitrogen and oxygen atoms in total. The molecule has 0 bridgehead atoms. The van der Waals surface area contributed by atoms with Gasteiger partial charge < -0.3 is 14.5 Å². The lowest BCUT2D eigenvalue weighted by molar-refractivity contribution is -0.138. The molecule has 1 aliphatic heterocycles. The first-order valence-electron chi connectivity index (χ1n) is 10.5. The summed E-state index contributed by atoms with van der Waals surface area (Å²) in [6.07, 6.45) is 5.15. The molecule has 2 aliphatic rings. The van der Waals surface area contributed by atoms with Gasteiger partial charge in [0.15, 0.2) is 0 Å². The van der Waals surface area contributed by atoms with Crippen LogP contribution in [-0.2, 0) is 4.79 Å². The Kier molecular flexibility index (Phi) is 5.83. The third-order valence-corrected chi connectivity index (χ3v) is 5.80. The minimum atomic E-state index is -0.396. The van der Waals surface area contributed by atoms with Crippen LogP contribution >= 0.6 is 0 Å². The summed E-state index contributed by atoms with van der Waals surface area (Å²) in [7, 11) is 0. The van der Waals surface area contributed by atoms with E-state index in [1.807, 2.05) is 42.2 Å². The van der Waals surface area contributed by atoms with Gasteiger partial charge in [0.05, 0.1) is 11.4 Å². The summed E-state index contributed by atoms with van der Waals surface area (Å²) in [5.41, 5.74) is 1.62. The van der Waals surface area contributed by atoms with Crippen LogP contribution in [0.1, 0.15) is 37.8 Å². The predicted octanol–water partition coefficient (Wildman–Crippen LogP) is 3.40. The molecule has 154 valence electrons. The number of hydrogen-bond donors (Lipinski definition) is 0. The van der Waals surface area contributed by atoms with Gasteiger partial charge in [-0.1, -0.05) is 37.5 Å². The molecule has 2 amide bonds. The second-order valence-electron chi connectivity index (χ2n) is 7.89. The molecule has 2 heterocycles. The van der Waals surface area contributed by atoms with Crippen LogP contribution in [0, 0.1) is 12.8 Å². The number of aryl methyl sites for hydroxylation is 1. The molecule has 2 aromatic rings. The van der Waals surface area contributed by atoms with Crippen LogP contribution in [0.3, 0.4) is 0 Å². The van der Waals surface area contributed by atoms with E-state index >= 15 is 0 Å². The number of benzene rings is 1. The van der Waals surface area contributed by atoms with Gasteiger partial charge >= 0.3 is 6.09 Å². The van der Waals surface area contributed by atoms with Crippen molar-refractivity contribution >= 4 is 12.0 Å². The molecular weight excluding hydrogens is 368 g/mol. The van der Waals surface area contributed by atoms with E-state index in [1.165, 1.54) is 6.42 Å². The number of hydrogen-bond acceptors (Lipinski definition) is 4. The molecule has 1 saturated carbocycles. The average Bonchev–Trinajstić information content (AvgIpc) is 3.14. The Morgan fingerprint density at radius 2 is 1.62 bits per heavy atom. The Morgan fingerprint density at radius 1 is 0.966 bits per heavy atom. The molecule has 0 unspecified atom stereocenters. The van der Waals surface area contributed by atoms with Crippen molar-refractivity contribution in [1.82, 2.24) is 19.6 Å². The summed E-state index contributed by atoms with van der Waals surface area (Å²) in [6, 6.07) is 11.4. The van der Waals surface area contributed by atoms with Crippen molar-refractivity contribution in [3.63, 3.8) is 0 Å². The van der Waals surface area contributed by atoms with Crippen LogP contribution in [-0.4, -0.2) is 57.8 Å². The van der Waals surface area contributed by atoms with Crippen molar-refractivity contribution in [3.05, 3.63) is 42.1 Å². The smallest absolute Gasteiger partial charge is 0.391 e. The SMILES string of the molecule is Cc1cc(OC(=O)N2CCN(C(=O)C3CCCCC3)CC2)n(-c2ccccc2)n1. The fourth-order valence-corrected chi connectivity index (χ4v) is 4.17. The lowest BCUT2D eigenvalue weighted by atomic mass is 9.88. The Morgan fingerprint density at radius 3 is 2.31 bits per heavy atom. The van der Waals surface area contributed by atoms with Crippen molar-refractivity contribution < 1.29 is 14.3 Å². The van der Waals surface area contributed by atoms with Gasteiger partial charge in [0.25, 0.3) is 0 Å². The molecule has 0 N–H and O–H groups in total. The normalized spacial score (nSPS) is 18.0. The molecule has 1 aliphatic carbocycles. The van der Waals surface area contributed by atoms with E-state index < -0.39 is 6.09 Å². The number of carbonyl (C=O) groups is 2. The van der Waals surface area contributed by atoms with Gasteiger partial charge in [-0.05, 0) is 31.9 Å². The highest BCUT2D eigenvalue weighted by Gasteiger charge is 2.30. The van der Waals surface area contributed by atoms with E-state index in [9.17, 15) is 9.59 Å². The fraction of sp³-hybridized carbons (Fsp3) is 0.500. The number of amides is 2. The number of piperazine rings is 1. The van der Waals surface area contributed by atoms with Gasteiger partial charge in [0, 0.05) is 38.2 Å². The van der Waals surface area contributed by atoms with Gasteiger partial charge in [0.2, 0.25) is 11.8 Å². The Labute approximate surface area is 171 Å². The fourth-order valence-electron chi connectivity index (χ4n) is 4.17. The molecule has 1 aromatic heterocycles. The van der Waals surface area contributed by atoms with Crippen LogP contribution in [0.25, 0.3) is 5.69 Å². The Bertz CT molecular complexity index is 850. The van der Waals surface area contributed by atoms with Crippen LogP contribution in [0.5, 0.6) is 5.88 Å². The molecule has 0 atom stereocenters. The summed E-state index contributed by atoms with van der Waals surface area (Å²) >= 11 is 0. The minimum Gasteiger partial charge on any atom is -0.391 e. The molecule has 7 heteroatoms. The van der Waals surface area contributed by atoms with Crippen molar-refractivity contribution in [3.8, 4) is 11.6 Å². The van der Waals surface area contributed by atoms with Gasteiger partial charge in [-0.2, -0.15) is 5.10 Å². The van der Waals surface area contributed by atoms with Crippen LogP contribution in [0.15, 0.2) is 36.4 Å². The summed E-state index contributed by atoms with van der Waals surface area (Å²) in [4.78, 5) is 29.0. The van der Waals surface area contributed by atoms with E-state index in [1.54, 1.807) is 15.6 Å². The number of ether oxygens (including phenoxy) is 1. The third kappa shape index (κ3) is 4.44. The number of carbonyl (C=O) groups excluding carboxylic acids is 2. The molecule has 0 spiro atoms. The largest absolute Gasteiger partial charge is 0.416 e. The maximum atomic E-state index is 12.7. The molecule has 2 fully saturated rings. The summed E-state index contributed by atoms with van der Waals surface area (Å²) in [5.74, 6) is 0.834. The molecular formula is C22H28N4O3. The van der Waals surface area contributed by atoms with Gasteiger partial charge in [-0.3, -0.25) is 4.79 Å². The van der Waals surface area contributed by atoms with E-state index in [2.05, 4.69) is 5.10 Å². The van der Waals surface area contributed by atoms with E-state index in [-0.39, 0.29) is 11.8 Å². The van der Waals surface area contributed by atoms with Crippen molar-refractivity contribution in [2.24, 2.45) is 5.92 Å². The maximum absolute atomic E-state index is 12.7. The molecule has 1 aromatic carbocycles. The van der Waals surface area contributed by atoms with Gasteiger partial charge in [-0.15, -0.1) is 0 Å². The lowest BCUT2D eigenvalue weighted by Gasteiger charge is -2.36. The Balaban J connectivity index is 1.35. The highest BCUT2D eigenvalue weighted by atomic mass is 16.6. The zero-order valence-corrected chi connectivity index (χ0v) is 16.9. The Hall–Kier alpha value is -2.83. The third-order valence-electron chi connectivity index (χ3n) is 5.80. The topological polar surface area (TPSA) is 67.7 Å². The number of nitrogens with zero attached hydrogens (tertiary/aromatic N) is 4. The van der Waals surface area contributed by atoms with E-state index in [0.29, 0.717) is 32.1 Å². The van der Waals surface area contributed by atoms with Crippen LogP contribution in [0.2, 0.25) is 0 Å². The second-order valence-corrected chi connectivity index (χ2v) is 7.89. The van der Waals surface area contributed by atoms with Gasteiger partial charge in [-0.25, -0.2) is 9.48 Å². The van der Waals surface area contributed by atoms with E-state index in [0.717, 1.165) is 37.1 Å². The summed E-state index contributed by atoms with van der Waals surface area (Å²) < 4.78 is 7.29. The summed E-state index contributed by atoms with van der Waals surface area (Å²) in [5, 5.41) is 4.43. The number of para-hydroxylation sites is 1. The summed E-state index contributed by atoms with van der Waals surface area (Å²) in [6.45, 7) is 4.00. The molecule has 0 radical (unpaired) electrons.